The van der Waals surface area contributed by atoms with Crippen LogP contribution in [0.25, 0.3) is 0 Å². The summed E-state index contributed by atoms with van der Waals surface area (Å²) in [6.45, 7) is 5.22. The van der Waals surface area contributed by atoms with E-state index in [0.717, 1.165) is 12.7 Å². The van der Waals surface area contributed by atoms with Gasteiger partial charge in [0.2, 0.25) is 0 Å². The van der Waals surface area contributed by atoms with E-state index in [9.17, 15) is 0 Å². The molecule has 11 heavy (non-hydrogen) atoms. The van der Waals surface area contributed by atoms with Crippen LogP contribution in [0, 0.1) is 0 Å². The fourth-order valence-corrected chi connectivity index (χ4v) is 2.05. The van der Waals surface area contributed by atoms with Crippen LogP contribution >= 0.6 is 0 Å². The lowest BCUT2D eigenvalue weighted by molar-refractivity contribution is 0.225. The summed E-state index contributed by atoms with van der Waals surface area (Å²) in [6, 6.07) is 1.07. The van der Waals surface area contributed by atoms with Crippen molar-refractivity contribution < 1.29 is 8.85 Å². The Labute approximate surface area is 71.7 Å². The van der Waals surface area contributed by atoms with Gasteiger partial charge in [0, 0.05) is 13.7 Å². The van der Waals surface area contributed by atoms with Gasteiger partial charge < -0.3 is 8.85 Å². The van der Waals surface area contributed by atoms with E-state index < -0.39 is 9.28 Å². The van der Waals surface area contributed by atoms with Crippen LogP contribution in [0.1, 0.15) is 33.1 Å². The molecule has 0 N–H and O–H groups in total. The first-order valence-corrected chi connectivity index (χ1v) is 6.25. The van der Waals surface area contributed by atoms with Crippen molar-refractivity contribution in [2.75, 3.05) is 13.7 Å². The van der Waals surface area contributed by atoms with Crippen LogP contribution in [-0.4, -0.2) is 23.0 Å². The Bertz CT molecular complexity index is 74.5. The minimum Gasteiger partial charge on any atom is -0.400 e. The van der Waals surface area contributed by atoms with Crippen molar-refractivity contribution in [1.29, 1.82) is 0 Å². The van der Waals surface area contributed by atoms with Crippen molar-refractivity contribution in [1.82, 2.24) is 0 Å². The maximum absolute atomic E-state index is 5.56. The molecule has 0 aliphatic rings. The molecule has 0 heterocycles. The molecule has 0 saturated carbocycles. The molecule has 0 saturated heterocycles. The third-order valence-electron chi connectivity index (χ3n) is 1.65. The second-order valence-electron chi connectivity index (χ2n) is 2.65. The van der Waals surface area contributed by atoms with Crippen molar-refractivity contribution in [3.63, 3.8) is 0 Å². The first-order chi connectivity index (χ1) is 5.35. The second-order valence-corrected chi connectivity index (χ2v) is 5.13. The van der Waals surface area contributed by atoms with Crippen molar-refractivity contribution in [3.05, 3.63) is 0 Å². The van der Waals surface area contributed by atoms with Gasteiger partial charge in [0.05, 0.1) is 0 Å². The van der Waals surface area contributed by atoms with Crippen LogP contribution in [0.2, 0.25) is 6.04 Å². The van der Waals surface area contributed by atoms with Gasteiger partial charge in [-0.25, -0.2) is 0 Å². The lowest BCUT2D eigenvalue weighted by atomic mass is 10.3. The molecule has 68 valence electrons. The Kier molecular flexibility index (Phi) is 8.34. The predicted molar refractivity (Wildman–Crippen MR) is 50.1 cm³/mol. The number of unbranched alkanes of at least 4 members (excludes halogenated alkanes) is 2. The standard InChI is InChI=1S/C8H20O2Si/c1-4-6-7-8-10-11(5-2)9-3/h11H,4-8H2,1-3H3. The van der Waals surface area contributed by atoms with Gasteiger partial charge in [0.15, 0.2) is 0 Å². The summed E-state index contributed by atoms with van der Waals surface area (Å²) in [4.78, 5) is 0. The van der Waals surface area contributed by atoms with Gasteiger partial charge in [-0.1, -0.05) is 26.7 Å². The van der Waals surface area contributed by atoms with Crippen LogP contribution in [-0.2, 0) is 8.85 Å². The lowest BCUT2D eigenvalue weighted by Crippen LogP contribution is -2.20. The van der Waals surface area contributed by atoms with E-state index in [2.05, 4.69) is 13.8 Å². The molecule has 0 aliphatic carbocycles. The Morgan fingerprint density at radius 3 is 2.36 bits per heavy atom. The largest absolute Gasteiger partial charge is 0.400 e. The monoisotopic (exact) mass is 176 g/mol. The summed E-state index contributed by atoms with van der Waals surface area (Å²) in [5.41, 5.74) is 0. The fraction of sp³-hybridized carbons (Fsp3) is 1.00. The van der Waals surface area contributed by atoms with Gasteiger partial charge in [-0.2, -0.15) is 0 Å². The van der Waals surface area contributed by atoms with Gasteiger partial charge in [0.25, 0.3) is 0 Å². The summed E-state index contributed by atoms with van der Waals surface area (Å²) in [6.07, 6.45) is 3.71. The Balaban J connectivity index is 3.07. The van der Waals surface area contributed by atoms with Crippen LogP contribution < -0.4 is 0 Å². The molecule has 0 spiro atoms. The van der Waals surface area contributed by atoms with Gasteiger partial charge in [-0.3, -0.25) is 0 Å². The highest BCUT2D eigenvalue weighted by atomic mass is 28.3. The SMILES string of the molecule is CCCCCO[SiH](CC)OC. The molecule has 0 amide bonds. The smallest absolute Gasteiger partial charge is 0.320 e. The van der Waals surface area contributed by atoms with E-state index in [1.54, 1.807) is 7.11 Å². The zero-order valence-electron chi connectivity index (χ0n) is 7.93. The quantitative estimate of drug-likeness (QED) is 0.437. The summed E-state index contributed by atoms with van der Waals surface area (Å²) in [5.74, 6) is 0. The zero-order chi connectivity index (χ0) is 8.53. The molecule has 0 aliphatic heterocycles. The topological polar surface area (TPSA) is 18.5 Å². The molecule has 0 aromatic rings. The van der Waals surface area contributed by atoms with Crippen LogP contribution in [0.5, 0.6) is 0 Å². The predicted octanol–water partition coefficient (Wildman–Crippen LogP) is 2.08. The highest BCUT2D eigenvalue weighted by molar-refractivity contribution is 6.44. The summed E-state index contributed by atoms with van der Waals surface area (Å²) < 4.78 is 10.8. The molecular formula is C8H20O2Si. The molecule has 0 rings (SSSR count). The van der Waals surface area contributed by atoms with E-state index >= 15 is 0 Å². The molecule has 2 nitrogen and oxygen atoms in total. The van der Waals surface area contributed by atoms with Crippen LogP contribution in [0.3, 0.4) is 0 Å². The number of rotatable bonds is 7. The first kappa shape index (κ1) is 11.1. The van der Waals surface area contributed by atoms with Crippen molar-refractivity contribution >= 4 is 9.28 Å². The summed E-state index contributed by atoms with van der Waals surface area (Å²) in [7, 11) is 0.515. The van der Waals surface area contributed by atoms with Gasteiger partial charge in [-0.05, 0) is 12.5 Å². The fourth-order valence-electron chi connectivity index (χ4n) is 0.919. The van der Waals surface area contributed by atoms with Gasteiger partial charge >= 0.3 is 9.28 Å². The second kappa shape index (κ2) is 8.24. The molecule has 0 aromatic heterocycles. The molecule has 1 atom stereocenters. The third-order valence-corrected chi connectivity index (χ3v) is 3.45. The van der Waals surface area contributed by atoms with E-state index in [1.165, 1.54) is 19.3 Å². The van der Waals surface area contributed by atoms with E-state index in [0.29, 0.717) is 0 Å². The normalized spacial score (nSPS) is 13.4. The van der Waals surface area contributed by atoms with E-state index in [-0.39, 0.29) is 0 Å². The Morgan fingerprint density at radius 2 is 1.91 bits per heavy atom. The molecule has 0 radical (unpaired) electrons. The molecule has 0 bridgehead atoms. The van der Waals surface area contributed by atoms with Crippen LogP contribution in [0.4, 0.5) is 0 Å². The third kappa shape index (κ3) is 6.53. The van der Waals surface area contributed by atoms with E-state index in [4.69, 9.17) is 8.85 Å². The molecule has 3 heteroatoms. The van der Waals surface area contributed by atoms with Crippen molar-refractivity contribution in [2.45, 2.75) is 39.2 Å². The summed E-state index contributed by atoms with van der Waals surface area (Å²) in [5, 5.41) is 0. The zero-order valence-corrected chi connectivity index (χ0v) is 9.08. The highest BCUT2D eigenvalue weighted by Gasteiger charge is 2.06. The van der Waals surface area contributed by atoms with Crippen molar-refractivity contribution in [2.24, 2.45) is 0 Å². The van der Waals surface area contributed by atoms with Gasteiger partial charge in [0.1, 0.15) is 0 Å². The average molecular weight is 176 g/mol. The molecule has 1 unspecified atom stereocenters. The van der Waals surface area contributed by atoms with Gasteiger partial charge in [-0.15, -0.1) is 0 Å². The van der Waals surface area contributed by atoms with Crippen LogP contribution in [0.15, 0.2) is 0 Å². The Morgan fingerprint density at radius 1 is 1.18 bits per heavy atom. The van der Waals surface area contributed by atoms with E-state index in [1.807, 2.05) is 0 Å². The first-order valence-electron chi connectivity index (χ1n) is 4.49. The average Bonchev–Trinajstić information content (AvgIpc) is 2.05. The van der Waals surface area contributed by atoms with Crippen molar-refractivity contribution in [3.8, 4) is 0 Å². The minimum atomic E-state index is -1.23. The summed E-state index contributed by atoms with van der Waals surface area (Å²) >= 11 is 0. The molecule has 0 fully saturated rings. The minimum absolute atomic E-state index is 0.895. The maximum atomic E-state index is 5.56. The highest BCUT2D eigenvalue weighted by Crippen LogP contribution is 1.99. The molecule has 0 aromatic carbocycles. The maximum Gasteiger partial charge on any atom is 0.320 e. The number of hydrogen-bond donors (Lipinski definition) is 0. The molecular weight excluding hydrogens is 156 g/mol. The lowest BCUT2D eigenvalue weighted by Gasteiger charge is -2.11. The number of hydrogen-bond acceptors (Lipinski definition) is 2. The Hall–Kier alpha value is 0.137.